The molecule has 2 N–H and O–H groups in total. The molecule has 0 bridgehead atoms. The fraction of sp³-hybridized carbons (Fsp3) is 0.280. The monoisotopic (exact) mass is 464 g/mol. The SMILES string of the molecule is c1ccn2nc(Nc3cc(-c4nc(N5CCNCC5)c5c(C6CC6)cncc5n4)ccn3)nc2c1. The summed E-state index contributed by atoms with van der Waals surface area (Å²) < 4.78 is 1.73. The van der Waals surface area contributed by atoms with Gasteiger partial charge in [0.1, 0.15) is 11.6 Å². The minimum Gasteiger partial charge on any atom is -0.353 e. The van der Waals surface area contributed by atoms with E-state index in [1.54, 1.807) is 10.7 Å². The smallest absolute Gasteiger partial charge is 0.248 e. The molecule has 0 unspecified atom stereocenters. The number of nitrogens with one attached hydrogen (secondary N) is 2. The van der Waals surface area contributed by atoms with Gasteiger partial charge in [-0.25, -0.2) is 19.5 Å². The van der Waals surface area contributed by atoms with Crippen molar-refractivity contribution in [2.24, 2.45) is 0 Å². The van der Waals surface area contributed by atoms with Crippen LogP contribution in [0.15, 0.2) is 55.1 Å². The maximum Gasteiger partial charge on any atom is 0.248 e. The molecule has 1 saturated carbocycles. The second kappa shape index (κ2) is 8.24. The van der Waals surface area contributed by atoms with E-state index >= 15 is 0 Å². The molecule has 1 aliphatic carbocycles. The molecule has 0 aromatic carbocycles. The van der Waals surface area contributed by atoms with Crippen LogP contribution in [0.3, 0.4) is 0 Å². The summed E-state index contributed by atoms with van der Waals surface area (Å²) in [6.07, 6.45) is 9.90. The van der Waals surface area contributed by atoms with Crippen molar-refractivity contribution < 1.29 is 0 Å². The number of pyridine rings is 3. The molecular weight excluding hydrogens is 440 g/mol. The summed E-state index contributed by atoms with van der Waals surface area (Å²) in [5.74, 6) is 3.35. The average Bonchev–Trinajstić information content (AvgIpc) is 3.67. The van der Waals surface area contributed by atoms with Crippen LogP contribution >= 0.6 is 0 Å². The lowest BCUT2D eigenvalue weighted by molar-refractivity contribution is 0.586. The van der Waals surface area contributed by atoms with Crippen molar-refractivity contribution in [3.8, 4) is 11.4 Å². The molecule has 1 aliphatic heterocycles. The molecule has 0 spiro atoms. The van der Waals surface area contributed by atoms with Crippen molar-refractivity contribution in [3.05, 3.63) is 60.7 Å². The minimum absolute atomic E-state index is 0.486. The molecule has 0 atom stereocenters. The van der Waals surface area contributed by atoms with Crippen LogP contribution in [0.25, 0.3) is 27.9 Å². The van der Waals surface area contributed by atoms with Crippen molar-refractivity contribution in [2.45, 2.75) is 18.8 Å². The molecule has 7 rings (SSSR count). The maximum atomic E-state index is 5.12. The van der Waals surface area contributed by atoms with E-state index in [0.29, 0.717) is 23.5 Å². The van der Waals surface area contributed by atoms with Crippen LogP contribution in [0, 0.1) is 0 Å². The quantitative estimate of drug-likeness (QED) is 0.405. The van der Waals surface area contributed by atoms with Crippen molar-refractivity contribution in [1.29, 1.82) is 0 Å². The van der Waals surface area contributed by atoms with Crippen LogP contribution in [0.2, 0.25) is 0 Å². The second-order valence-electron chi connectivity index (χ2n) is 9.00. The van der Waals surface area contributed by atoms with E-state index in [1.165, 1.54) is 18.4 Å². The van der Waals surface area contributed by atoms with E-state index in [9.17, 15) is 0 Å². The van der Waals surface area contributed by atoms with Gasteiger partial charge in [-0.2, -0.15) is 4.98 Å². The van der Waals surface area contributed by atoms with Crippen molar-refractivity contribution in [3.63, 3.8) is 0 Å². The fourth-order valence-electron chi connectivity index (χ4n) is 4.66. The van der Waals surface area contributed by atoms with Gasteiger partial charge >= 0.3 is 0 Å². The third-order valence-electron chi connectivity index (χ3n) is 6.55. The molecule has 6 heterocycles. The maximum absolute atomic E-state index is 5.12. The van der Waals surface area contributed by atoms with E-state index in [2.05, 4.69) is 35.6 Å². The third kappa shape index (κ3) is 3.81. The largest absolute Gasteiger partial charge is 0.353 e. The highest BCUT2D eigenvalue weighted by atomic mass is 15.3. The zero-order valence-electron chi connectivity index (χ0n) is 19.1. The zero-order valence-corrected chi connectivity index (χ0v) is 19.1. The molecule has 10 nitrogen and oxygen atoms in total. The summed E-state index contributed by atoms with van der Waals surface area (Å²) in [5, 5.41) is 12.3. The summed E-state index contributed by atoms with van der Waals surface area (Å²) in [7, 11) is 0. The van der Waals surface area contributed by atoms with Crippen LogP contribution in [0.1, 0.15) is 24.3 Å². The number of hydrogen-bond acceptors (Lipinski definition) is 9. The normalized spacial score (nSPS) is 16.2. The summed E-state index contributed by atoms with van der Waals surface area (Å²) in [4.78, 5) is 25.9. The molecule has 174 valence electrons. The number of aromatic nitrogens is 7. The molecule has 0 radical (unpaired) electrons. The second-order valence-corrected chi connectivity index (χ2v) is 9.00. The summed E-state index contributed by atoms with van der Waals surface area (Å²) in [6, 6.07) is 9.63. The van der Waals surface area contributed by atoms with Crippen LogP contribution < -0.4 is 15.5 Å². The Labute approximate surface area is 201 Å². The van der Waals surface area contributed by atoms with Crippen molar-refractivity contribution in [1.82, 2.24) is 39.9 Å². The minimum atomic E-state index is 0.486. The number of nitrogens with zero attached hydrogens (tertiary/aromatic N) is 8. The summed E-state index contributed by atoms with van der Waals surface area (Å²) in [6.45, 7) is 3.72. The first-order valence-corrected chi connectivity index (χ1v) is 12.0. The van der Waals surface area contributed by atoms with Gasteiger partial charge < -0.3 is 15.5 Å². The zero-order chi connectivity index (χ0) is 23.2. The van der Waals surface area contributed by atoms with E-state index < -0.39 is 0 Å². The van der Waals surface area contributed by atoms with E-state index in [4.69, 9.17) is 9.97 Å². The van der Waals surface area contributed by atoms with Crippen LogP contribution in [0.5, 0.6) is 0 Å². The Morgan fingerprint density at radius 2 is 1.91 bits per heavy atom. The first-order valence-electron chi connectivity index (χ1n) is 12.0. The number of piperazine rings is 1. The topological polar surface area (TPSA) is 109 Å². The van der Waals surface area contributed by atoms with Crippen LogP contribution in [-0.2, 0) is 0 Å². The lowest BCUT2D eigenvalue weighted by Gasteiger charge is -2.30. The van der Waals surface area contributed by atoms with Crippen molar-refractivity contribution in [2.75, 3.05) is 36.4 Å². The van der Waals surface area contributed by atoms with Gasteiger partial charge in [0.05, 0.1) is 11.7 Å². The number of rotatable bonds is 5. The first-order chi connectivity index (χ1) is 17.3. The fourth-order valence-corrected chi connectivity index (χ4v) is 4.66. The first kappa shape index (κ1) is 20.2. The predicted octanol–water partition coefficient (Wildman–Crippen LogP) is 3.16. The van der Waals surface area contributed by atoms with Gasteiger partial charge in [-0.05, 0) is 48.6 Å². The Morgan fingerprint density at radius 1 is 1.00 bits per heavy atom. The number of anilines is 3. The molecule has 2 aliphatic rings. The standard InChI is InChI=1S/C25H24N10/c1-2-10-35-21(3-1)31-25(33-35)30-20-13-17(6-7-28-20)23-29-19-15-27-14-18(16-4-5-16)22(19)24(32-23)34-11-8-26-9-12-34/h1-3,6-7,10,13-16,26H,4-5,8-9,11-12H2,(H,28,30,33). The Bertz CT molecular complexity index is 1500. The Morgan fingerprint density at radius 3 is 2.77 bits per heavy atom. The highest BCUT2D eigenvalue weighted by molar-refractivity contribution is 5.94. The Balaban J connectivity index is 1.30. The molecule has 1 saturated heterocycles. The van der Waals surface area contributed by atoms with E-state index in [1.807, 2.05) is 48.9 Å². The van der Waals surface area contributed by atoms with Gasteiger partial charge in [0, 0.05) is 55.7 Å². The predicted molar refractivity (Wildman–Crippen MR) is 134 cm³/mol. The van der Waals surface area contributed by atoms with Gasteiger partial charge in [0.25, 0.3) is 0 Å². The third-order valence-corrected chi connectivity index (χ3v) is 6.55. The van der Waals surface area contributed by atoms with Gasteiger partial charge in [-0.15, -0.1) is 5.10 Å². The van der Waals surface area contributed by atoms with Crippen molar-refractivity contribution >= 4 is 34.1 Å². The van der Waals surface area contributed by atoms with E-state index in [-0.39, 0.29) is 0 Å². The van der Waals surface area contributed by atoms with Gasteiger partial charge in [0.2, 0.25) is 5.95 Å². The Hall–Kier alpha value is -4.18. The molecule has 35 heavy (non-hydrogen) atoms. The lowest BCUT2D eigenvalue weighted by Crippen LogP contribution is -2.44. The van der Waals surface area contributed by atoms with Gasteiger partial charge in [0.15, 0.2) is 11.5 Å². The number of hydrogen-bond donors (Lipinski definition) is 2. The Kier molecular flexibility index (Phi) is 4.76. The highest BCUT2D eigenvalue weighted by Gasteiger charge is 2.29. The summed E-state index contributed by atoms with van der Waals surface area (Å²) >= 11 is 0. The molecule has 2 fully saturated rings. The highest BCUT2D eigenvalue weighted by Crippen LogP contribution is 2.44. The van der Waals surface area contributed by atoms with Crippen LogP contribution in [-0.4, -0.2) is 60.7 Å². The van der Waals surface area contributed by atoms with Gasteiger partial charge in [-0.1, -0.05) is 6.07 Å². The molecule has 0 amide bonds. The number of fused-ring (bicyclic) bond motifs is 2. The van der Waals surface area contributed by atoms with Crippen LogP contribution in [0.4, 0.5) is 17.6 Å². The van der Waals surface area contributed by atoms with Gasteiger partial charge in [-0.3, -0.25) is 4.98 Å². The average molecular weight is 465 g/mol. The molecular formula is C25H24N10. The summed E-state index contributed by atoms with van der Waals surface area (Å²) in [5.41, 5.74) is 3.81. The lowest BCUT2D eigenvalue weighted by atomic mass is 10.1. The van der Waals surface area contributed by atoms with E-state index in [0.717, 1.165) is 54.1 Å². The molecule has 10 heteroatoms. The molecule has 5 aromatic rings. The molecule has 5 aromatic heterocycles.